The molecule has 0 amide bonds. The molecule has 24 heavy (non-hydrogen) atoms. The number of imidazole rings is 1. The van der Waals surface area contributed by atoms with E-state index in [0.29, 0.717) is 11.3 Å². The number of rotatable bonds is 2. The molecule has 2 aromatic heterocycles. The molecule has 1 saturated heterocycles. The number of aromatic amines is 1. The standard InChI is InChI=1S/C16H17F2N5S/c1-16(19)4-6-22(7-5-16)15-21-23-13(9-20-14(23)24-15)11-3-2-10(17)8-12(11)18/h2-3,8-9H,4-7,19H2,1H3/p+1. The summed E-state index contributed by atoms with van der Waals surface area (Å²) in [6.45, 7) is 3.77. The number of nitrogens with two attached hydrogens (primary N) is 1. The van der Waals surface area contributed by atoms with Crippen LogP contribution in [0.4, 0.5) is 13.9 Å². The Balaban J connectivity index is 1.69. The van der Waals surface area contributed by atoms with Crippen LogP contribution in [0, 0.1) is 11.6 Å². The molecule has 3 heterocycles. The Morgan fingerprint density at radius 1 is 1.33 bits per heavy atom. The molecule has 0 spiro atoms. The van der Waals surface area contributed by atoms with Gasteiger partial charge in [-0.25, -0.2) is 13.8 Å². The lowest BCUT2D eigenvalue weighted by Crippen LogP contribution is -2.48. The van der Waals surface area contributed by atoms with E-state index >= 15 is 0 Å². The van der Waals surface area contributed by atoms with E-state index < -0.39 is 11.6 Å². The quantitative estimate of drug-likeness (QED) is 0.698. The van der Waals surface area contributed by atoms with E-state index in [1.807, 2.05) is 0 Å². The summed E-state index contributed by atoms with van der Waals surface area (Å²) in [4.78, 5) is 6.12. The maximum absolute atomic E-state index is 14.1. The lowest BCUT2D eigenvalue weighted by molar-refractivity contribution is -0.561. The van der Waals surface area contributed by atoms with Crippen LogP contribution in [0.15, 0.2) is 24.4 Å². The van der Waals surface area contributed by atoms with Crippen molar-refractivity contribution in [3.05, 3.63) is 36.0 Å². The van der Waals surface area contributed by atoms with Gasteiger partial charge < -0.3 is 10.6 Å². The van der Waals surface area contributed by atoms with Crippen molar-refractivity contribution in [2.45, 2.75) is 25.3 Å². The Bertz CT molecular complexity index is 891. The third-order valence-electron chi connectivity index (χ3n) is 4.51. The van der Waals surface area contributed by atoms with Crippen molar-refractivity contribution in [1.29, 1.82) is 0 Å². The largest absolute Gasteiger partial charge is 0.368 e. The zero-order valence-corrected chi connectivity index (χ0v) is 14.0. The minimum atomic E-state index is -0.602. The Kier molecular flexibility index (Phi) is 3.54. The SMILES string of the molecule is CC1(N)CCN(c2n[n+]3c(-c4ccc(F)cc4F)c[nH]c3s2)CC1. The lowest BCUT2D eigenvalue weighted by Gasteiger charge is -2.36. The smallest absolute Gasteiger partial charge is 0.345 e. The number of nitrogens with zero attached hydrogens (tertiary/aromatic N) is 3. The van der Waals surface area contributed by atoms with Gasteiger partial charge in [0.15, 0.2) is 0 Å². The number of hydrogen-bond donors (Lipinski definition) is 2. The first-order valence-electron chi connectivity index (χ1n) is 7.82. The number of anilines is 1. The van der Waals surface area contributed by atoms with Crippen LogP contribution in [0.3, 0.4) is 0 Å². The number of benzene rings is 1. The maximum atomic E-state index is 14.1. The third-order valence-corrected chi connectivity index (χ3v) is 5.52. The zero-order chi connectivity index (χ0) is 16.9. The van der Waals surface area contributed by atoms with Gasteiger partial charge in [-0.1, -0.05) is 4.52 Å². The van der Waals surface area contributed by atoms with Gasteiger partial charge in [0, 0.05) is 24.7 Å². The van der Waals surface area contributed by atoms with E-state index in [-0.39, 0.29) is 5.54 Å². The highest BCUT2D eigenvalue weighted by Gasteiger charge is 2.30. The molecule has 5 nitrogen and oxygen atoms in total. The summed E-state index contributed by atoms with van der Waals surface area (Å²) in [7, 11) is 0. The second-order valence-electron chi connectivity index (χ2n) is 6.54. The van der Waals surface area contributed by atoms with Crippen molar-refractivity contribution < 1.29 is 13.3 Å². The summed E-state index contributed by atoms with van der Waals surface area (Å²) in [5, 5.41) is 5.49. The second kappa shape index (κ2) is 5.49. The molecule has 1 fully saturated rings. The Morgan fingerprint density at radius 3 is 2.79 bits per heavy atom. The van der Waals surface area contributed by atoms with Gasteiger partial charge in [-0.2, -0.15) is 0 Å². The maximum Gasteiger partial charge on any atom is 0.368 e. The first kappa shape index (κ1) is 15.5. The van der Waals surface area contributed by atoms with Gasteiger partial charge in [-0.05, 0) is 48.3 Å². The molecule has 0 bridgehead atoms. The van der Waals surface area contributed by atoms with Gasteiger partial charge in [0.05, 0.1) is 5.56 Å². The van der Waals surface area contributed by atoms with Crippen molar-refractivity contribution in [3.63, 3.8) is 0 Å². The first-order valence-corrected chi connectivity index (χ1v) is 8.64. The number of fused-ring (bicyclic) bond motifs is 1. The predicted octanol–water partition coefficient (Wildman–Crippen LogP) is 2.47. The van der Waals surface area contributed by atoms with Crippen LogP contribution >= 0.6 is 11.3 Å². The fourth-order valence-corrected chi connectivity index (χ4v) is 3.90. The van der Waals surface area contributed by atoms with Gasteiger partial charge in [-0.15, -0.1) is 0 Å². The number of aromatic nitrogens is 3. The number of H-pyrrole nitrogens is 1. The van der Waals surface area contributed by atoms with Gasteiger partial charge in [-0.3, -0.25) is 0 Å². The fraction of sp³-hybridized carbons (Fsp3) is 0.375. The van der Waals surface area contributed by atoms with E-state index in [2.05, 4.69) is 21.9 Å². The summed E-state index contributed by atoms with van der Waals surface area (Å²) >= 11 is 1.51. The molecule has 1 aliphatic rings. The summed E-state index contributed by atoms with van der Waals surface area (Å²) < 4.78 is 28.9. The molecule has 3 N–H and O–H groups in total. The summed E-state index contributed by atoms with van der Waals surface area (Å²) in [6, 6.07) is 3.56. The van der Waals surface area contributed by atoms with Crippen LogP contribution in [0.5, 0.6) is 0 Å². The highest BCUT2D eigenvalue weighted by atomic mass is 32.1. The topological polar surface area (TPSA) is 62.0 Å². The molecule has 1 aromatic carbocycles. The van der Waals surface area contributed by atoms with Crippen molar-refractivity contribution in [2.24, 2.45) is 5.73 Å². The van der Waals surface area contributed by atoms with E-state index in [1.165, 1.54) is 23.5 Å². The van der Waals surface area contributed by atoms with Gasteiger partial charge >= 0.3 is 4.96 Å². The molecule has 126 valence electrons. The van der Waals surface area contributed by atoms with Gasteiger partial charge in [0.2, 0.25) is 10.8 Å². The summed E-state index contributed by atoms with van der Waals surface area (Å²) in [5.41, 5.74) is 6.95. The highest BCUT2D eigenvalue weighted by Crippen LogP contribution is 2.28. The molecule has 0 saturated carbocycles. The molecular weight excluding hydrogens is 332 g/mol. The Hall–Kier alpha value is -2.06. The van der Waals surface area contributed by atoms with Crippen molar-refractivity contribution in [3.8, 4) is 11.3 Å². The molecule has 3 aromatic rings. The molecule has 0 atom stereocenters. The minimum absolute atomic E-state index is 0.121. The molecule has 4 rings (SSSR count). The van der Waals surface area contributed by atoms with E-state index in [0.717, 1.165) is 42.1 Å². The number of nitrogens with one attached hydrogen (secondary N) is 1. The highest BCUT2D eigenvalue weighted by molar-refractivity contribution is 7.19. The van der Waals surface area contributed by atoms with Crippen molar-refractivity contribution in [1.82, 2.24) is 10.1 Å². The Labute approximate surface area is 141 Å². The molecule has 0 radical (unpaired) electrons. The second-order valence-corrected chi connectivity index (χ2v) is 7.50. The molecule has 0 unspecified atom stereocenters. The van der Waals surface area contributed by atoms with Crippen LogP contribution < -0.4 is 15.1 Å². The van der Waals surface area contributed by atoms with Crippen LogP contribution in [-0.4, -0.2) is 28.7 Å². The average molecular weight is 350 g/mol. The number of piperidine rings is 1. The normalized spacial score (nSPS) is 17.6. The summed E-state index contributed by atoms with van der Waals surface area (Å²) in [6.07, 6.45) is 3.50. The van der Waals surface area contributed by atoms with Crippen molar-refractivity contribution in [2.75, 3.05) is 18.0 Å². The molecule has 0 aliphatic carbocycles. The number of hydrogen-bond acceptors (Lipinski definition) is 4. The predicted molar refractivity (Wildman–Crippen MR) is 89.0 cm³/mol. The average Bonchev–Trinajstić information content (AvgIpc) is 3.08. The Morgan fingerprint density at radius 2 is 2.08 bits per heavy atom. The van der Waals surface area contributed by atoms with E-state index in [4.69, 9.17) is 5.73 Å². The number of halogens is 2. The monoisotopic (exact) mass is 350 g/mol. The van der Waals surface area contributed by atoms with Crippen LogP contribution in [0.2, 0.25) is 0 Å². The first-order chi connectivity index (χ1) is 11.4. The van der Waals surface area contributed by atoms with Crippen LogP contribution in [0.25, 0.3) is 16.2 Å². The fourth-order valence-electron chi connectivity index (χ4n) is 2.95. The van der Waals surface area contributed by atoms with E-state index in [9.17, 15) is 8.78 Å². The van der Waals surface area contributed by atoms with Crippen molar-refractivity contribution >= 4 is 21.4 Å². The van der Waals surface area contributed by atoms with E-state index in [1.54, 1.807) is 10.7 Å². The minimum Gasteiger partial charge on any atom is -0.345 e. The van der Waals surface area contributed by atoms with Crippen LogP contribution in [0.1, 0.15) is 19.8 Å². The lowest BCUT2D eigenvalue weighted by atomic mass is 9.91. The summed E-state index contributed by atoms with van der Waals surface area (Å²) in [5.74, 6) is -1.19. The van der Waals surface area contributed by atoms with Crippen LogP contribution in [-0.2, 0) is 0 Å². The third kappa shape index (κ3) is 2.65. The van der Waals surface area contributed by atoms with Gasteiger partial charge in [0.1, 0.15) is 17.8 Å². The molecule has 8 heteroatoms. The zero-order valence-electron chi connectivity index (χ0n) is 13.2. The molecule has 1 aliphatic heterocycles. The molecular formula is C16H18F2N5S+. The van der Waals surface area contributed by atoms with Gasteiger partial charge in [0.25, 0.3) is 0 Å².